The minimum atomic E-state index is 0.683. The highest BCUT2D eigenvalue weighted by Gasteiger charge is 2.28. The molecule has 0 amide bonds. The van der Waals surface area contributed by atoms with Crippen LogP contribution in [0.15, 0.2) is 24.4 Å². The van der Waals surface area contributed by atoms with Gasteiger partial charge in [0.1, 0.15) is 6.07 Å². The van der Waals surface area contributed by atoms with Gasteiger partial charge in [-0.3, -0.25) is 9.88 Å². The Bertz CT molecular complexity index is 832. The third-order valence-corrected chi connectivity index (χ3v) is 5.86. The van der Waals surface area contributed by atoms with Crippen molar-refractivity contribution in [2.24, 2.45) is 0 Å². The molecule has 2 saturated heterocycles. The van der Waals surface area contributed by atoms with Gasteiger partial charge >= 0.3 is 0 Å². The zero-order valence-corrected chi connectivity index (χ0v) is 15.8. The summed E-state index contributed by atoms with van der Waals surface area (Å²) in [5.74, 6) is 0. The molecule has 0 spiro atoms. The van der Waals surface area contributed by atoms with E-state index in [4.69, 9.17) is 0 Å². The molecule has 136 valence electrons. The van der Waals surface area contributed by atoms with Crippen molar-refractivity contribution in [2.75, 3.05) is 51.2 Å². The van der Waals surface area contributed by atoms with Crippen molar-refractivity contribution >= 4 is 16.6 Å². The molecular weight excluding hydrogens is 322 g/mol. The van der Waals surface area contributed by atoms with Gasteiger partial charge in [-0.2, -0.15) is 5.26 Å². The van der Waals surface area contributed by atoms with Crippen LogP contribution in [-0.2, 0) is 0 Å². The van der Waals surface area contributed by atoms with E-state index in [9.17, 15) is 5.26 Å². The van der Waals surface area contributed by atoms with Gasteiger partial charge in [0.15, 0.2) is 0 Å². The molecule has 2 aromatic rings. The smallest absolute Gasteiger partial charge is 0.103 e. The van der Waals surface area contributed by atoms with Gasteiger partial charge in [-0.25, -0.2) is 0 Å². The Kier molecular flexibility index (Phi) is 4.80. The van der Waals surface area contributed by atoms with E-state index in [0.29, 0.717) is 11.6 Å². The van der Waals surface area contributed by atoms with Gasteiger partial charge in [0.05, 0.1) is 16.8 Å². The number of nitrogens with zero attached hydrogens (tertiary/aromatic N) is 5. The molecule has 5 heteroatoms. The Morgan fingerprint density at radius 2 is 1.96 bits per heavy atom. The van der Waals surface area contributed by atoms with Crippen LogP contribution in [0.5, 0.6) is 0 Å². The van der Waals surface area contributed by atoms with Crippen LogP contribution >= 0.6 is 0 Å². The standard InChI is InChI=1S/C21H27N5/c1-16-5-6-20-19(12-16)21(17(13-22)14-23-20)26-10-8-25(9-11-26)18-4-3-7-24(2)15-18/h5-6,12,14,18H,3-4,7-11,15H2,1-2H3. The highest BCUT2D eigenvalue weighted by molar-refractivity contribution is 5.95. The lowest BCUT2D eigenvalue weighted by atomic mass is 10.0. The number of aromatic nitrogens is 1. The molecule has 2 aliphatic heterocycles. The number of likely N-dealkylation sites (tertiary alicyclic amines) is 1. The average molecular weight is 349 g/mol. The normalized spacial score (nSPS) is 22.5. The van der Waals surface area contributed by atoms with Crippen LogP contribution in [0.25, 0.3) is 10.9 Å². The van der Waals surface area contributed by atoms with E-state index in [1.165, 1.54) is 31.5 Å². The summed E-state index contributed by atoms with van der Waals surface area (Å²) in [6.07, 6.45) is 4.34. The fraction of sp³-hybridized carbons (Fsp3) is 0.524. The SMILES string of the molecule is Cc1ccc2ncc(C#N)c(N3CCN(C4CCCN(C)C4)CC3)c2c1. The molecule has 2 aliphatic rings. The third kappa shape index (κ3) is 3.27. The number of aryl methyl sites for hydroxylation is 1. The zero-order valence-electron chi connectivity index (χ0n) is 15.8. The number of piperazine rings is 1. The second kappa shape index (κ2) is 7.22. The highest BCUT2D eigenvalue weighted by atomic mass is 15.3. The zero-order chi connectivity index (χ0) is 18.1. The van der Waals surface area contributed by atoms with Crippen LogP contribution in [-0.4, -0.2) is 67.1 Å². The van der Waals surface area contributed by atoms with E-state index in [1.807, 2.05) is 0 Å². The van der Waals surface area contributed by atoms with Gasteiger partial charge < -0.3 is 9.80 Å². The maximum atomic E-state index is 9.63. The number of piperidine rings is 1. The summed E-state index contributed by atoms with van der Waals surface area (Å²) in [6, 6.07) is 9.36. The van der Waals surface area contributed by atoms with Crippen molar-refractivity contribution in [3.63, 3.8) is 0 Å². The molecule has 1 aromatic carbocycles. The van der Waals surface area contributed by atoms with Crippen LogP contribution in [0.4, 0.5) is 5.69 Å². The van der Waals surface area contributed by atoms with Crippen molar-refractivity contribution < 1.29 is 0 Å². The van der Waals surface area contributed by atoms with E-state index >= 15 is 0 Å². The number of rotatable bonds is 2. The minimum absolute atomic E-state index is 0.683. The molecule has 0 aliphatic carbocycles. The van der Waals surface area contributed by atoms with E-state index in [-0.39, 0.29) is 0 Å². The van der Waals surface area contributed by atoms with E-state index in [2.05, 4.69) is 57.9 Å². The fourth-order valence-corrected chi connectivity index (χ4v) is 4.46. The van der Waals surface area contributed by atoms with Gasteiger partial charge in [-0.05, 0) is 45.5 Å². The summed E-state index contributed by atoms with van der Waals surface area (Å²) in [5.41, 5.74) is 3.94. The first-order chi connectivity index (χ1) is 12.7. The number of nitriles is 1. The van der Waals surface area contributed by atoms with Gasteiger partial charge in [0.2, 0.25) is 0 Å². The Balaban J connectivity index is 1.57. The van der Waals surface area contributed by atoms with Crippen LogP contribution in [0.2, 0.25) is 0 Å². The van der Waals surface area contributed by atoms with Crippen molar-refractivity contribution in [3.8, 4) is 6.07 Å². The van der Waals surface area contributed by atoms with E-state index < -0.39 is 0 Å². The predicted octanol–water partition coefficient (Wildman–Crippen LogP) is 2.63. The monoisotopic (exact) mass is 349 g/mol. The first kappa shape index (κ1) is 17.3. The lowest BCUT2D eigenvalue weighted by Gasteiger charge is -2.43. The molecule has 0 saturated carbocycles. The summed E-state index contributed by atoms with van der Waals surface area (Å²) in [6.45, 7) is 8.59. The Hall–Kier alpha value is -2.16. The number of likely N-dealkylation sites (N-methyl/N-ethyl adjacent to an activating group) is 1. The second-order valence-electron chi connectivity index (χ2n) is 7.73. The molecule has 0 bridgehead atoms. The number of anilines is 1. The van der Waals surface area contributed by atoms with Gasteiger partial charge in [0.25, 0.3) is 0 Å². The van der Waals surface area contributed by atoms with Crippen molar-refractivity contribution in [1.29, 1.82) is 5.26 Å². The topological polar surface area (TPSA) is 46.4 Å². The minimum Gasteiger partial charge on any atom is -0.367 e. The molecule has 1 atom stereocenters. The lowest BCUT2D eigenvalue weighted by Crippen LogP contribution is -2.54. The Morgan fingerprint density at radius 3 is 2.69 bits per heavy atom. The molecular formula is C21H27N5. The Labute approximate surface area is 155 Å². The molecule has 0 radical (unpaired) electrons. The summed E-state index contributed by atoms with van der Waals surface area (Å²) >= 11 is 0. The number of hydrogen-bond donors (Lipinski definition) is 0. The molecule has 1 unspecified atom stereocenters. The molecule has 3 heterocycles. The first-order valence-electron chi connectivity index (χ1n) is 9.63. The third-order valence-electron chi connectivity index (χ3n) is 5.86. The van der Waals surface area contributed by atoms with Crippen LogP contribution in [0.1, 0.15) is 24.0 Å². The summed E-state index contributed by atoms with van der Waals surface area (Å²) < 4.78 is 0. The summed E-state index contributed by atoms with van der Waals surface area (Å²) in [5, 5.41) is 10.7. The first-order valence-corrected chi connectivity index (χ1v) is 9.63. The molecule has 26 heavy (non-hydrogen) atoms. The molecule has 5 nitrogen and oxygen atoms in total. The molecule has 2 fully saturated rings. The van der Waals surface area contributed by atoms with Crippen molar-refractivity contribution in [2.45, 2.75) is 25.8 Å². The lowest BCUT2D eigenvalue weighted by molar-refractivity contribution is 0.107. The molecule has 1 aromatic heterocycles. The maximum Gasteiger partial charge on any atom is 0.103 e. The second-order valence-corrected chi connectivity index (χ2v) is 7.73. The van der Waals surface area contributed by atoms with Crippen LogP contribution < -0.4 is 4.90 Å². The number of fused-ring (bicyclic) bond motifs is 1. The maximum absolute atomic E-state index is 9.63. The summed E-state index contributed by atoms with van der Waals surface area (Å²) in [4.78, 5) is 12.0. The average Bonchev–Trinajstić information content (AvgIpc) is 2.67. The van der Waals surface area contributed by atoms with E-state index in [1.54, 1.807) is 6.20 Å². The number of hydrogen-bond acceptors (Lipinski definition) is 5. The van der Waals surface area contributed by atoms with Crippen LogP contribution in [0.3, 0.4) is 0 Å². The highest BCUT2D eigenvalue weighted by Crippen LogP contribution is 2.31. The number of pyridine rings is 1. The van der Waals surface area contributed by atoms with Crippen molar-refractivity contribution in [3.05, 3.63) is 35.5 Å². The summed E-state index contributed by atoms with van der Waals surface area (Å²) in [7, 11) is 2.23. The quantitative estimate of drug-likeness (QED) is 0.834. The fourth-order valence-electron chi connectivity index (χ4n) is 4.46. The van der Waals surface area contributed by atoms with Crippen molar-refractivity contribution in [1.82, 2.24) is 14.8 Å². The van der Waals surface area contributed by atoms with Gasteiger partial charge in [-0.1, -0.05) is 11.6 Å². The number of benzene rings is 1. The van der Waals surface area contributed by atoms with E-state index in [0.717, 1.165) is 42.8 Å². The van der Waals surface area contributed by atoms with Gasteiger partial charge in [0, 0.05) is 50.3 Å². The largest absolute Gasteiger partial charge is 0.367 e. The Morgan fingerprint density at radius 1 is 1.15 bits per heavy atom. The molecule has 0 N–H and O–H groups in total. The molecule has 4 rings (SSSR count). The predicted molar refractivity (Wildman–Crippen MR) is 106 cm³/mol. The van der Waals surface area contributed by atoms with Crippen LogP contribution in [0, 0.1) is 18.3 Å². The van der Waals surface area contributed by atoms with Gasteiger partial charge in [-0.15, -0.1) is 0 Å².